The smallest absolute Gasteiger partial charge is 0.263 e. The summed E-state index contributed by atoms with van der Waals surface area (Å²) in [7, 11) is 0. The summed E-state index contributed by atoms with van der Waals surface area (Å²) in [4.78, 5) is 2.35. The van der Waals surface area contributed by atoms with E-state index in [1.54, 1.807) is 12.1 Å². The van der Waals surface area contributed by atoms with Gasteiger partial charge in [-0.25, -0.2) is 8.78 Å². The van der Waals surface area contributed by atoms with Crippen LogP contribution < -0.4 is 5.73 Å². The average Bonchev–Trinajstić information content (AvgIpc) is 2.77. The van der Waals surface area contributed by atoms with Crippen LogP contribution >= 0.6 is 0 Å². The maximum atomic E-state index is 12.5. The first kappa shape index (κ1) is 13.4. The van der Waals surface area contributed by atoms with Crippen LogP contribution in [0.2, 0.25) is 0 Å². The number of halogens is 2. The molecular weight excluding hydrogens is 234 g/mol. The van der Waals surface area contributed by atoms with Crippen LogP contribution in [-0.4, -0.2) is 24.5 Å². The lowest BCUT2D eigenvalue weighted by molar-refractivity contribution is 0.151. The molecule has 1 saturated heterocycles. The van der Waals surface area contributed by atoms with E-state index in [9.17, 15) is 8.78 Å². The number of benzene rings is 1. The van der Waals surface area contributed by atoms with E-state index in [1.165, 1.54) is 18.6 Å². The molecule has 0 aromatic heterocycles. The van der Waals surface area contributed by atoms with Gasteiger partial charge in [0.05, 0.1) is 0 Å². The second-order valence-corrected chi connectivity index (χ2v) is 5.11. The van der Waals surface area contributed by atoms with Gasteiger partial charge in [0.1, 0.15) is 0 Å². The topological polar surface area (TPSA) is 29.3 Å². The Kier molecular flexibility index (Phi) is 4.30. The van der Waals surface area contributed by atoms with Crippen molar-refractivity contribution in [1.29, 1.82) is 0 Å². The molecular formula is C14H20F2N2. The van der Waals surface area contributed by atoms with Gasteiger partial charge >= 0.3 is 0 Å². The highest BCUT2D eigenvalue weighted by Gasteiger charge is 2.26. The van der Waals surface area contributed by atoms with Crippen LogP contribution in [0.15, 0.2) is 24.3 Å². The van der Waals surface area contributed by atoms with Crippen molar-refractivity contribution in [2.24, 2.45) is 11.7 Å². The number of alkyl halides is 2. The molecule has 2 nitrogen and oxygen atoms in total. The lowest BCUT2D eigenvalue weighted by Gasteiger charge is -2.27. The van der Waals surface area contributed by atoms with Crippen molar-refractivity contribution in [1.82, 2.24) is 4.90 Å². The number of hydrogen-bond acceptors (Lipinski definition) is 2. The third-order valence-electron chi connectivity index (χ3n) is 3.69. The summed E-state index contributed by atoms with van der Waals surface area (Å²) in [5, 5.41) is 0. The van der Waals surface area contributed by atoms with E-state index in [4.69, 9.17) is 5.73 Å². The Hall–Kier alpha value is -1.00. The quantitative estimate of drug-likeness (QED) is 0.895. The molecule has 1 aliphatic rings. The monoisotopic (exact) mass is 254 g/mol. The summed E-state index contributed by atoms with van der Waals surface area (Å²) in [6.07, 6.45) is -1.21. The summed E-state index contributed by atoms with van der Waals surface area (Å²) in [5.41, 5.74) is 6.95. The SMILES string of the molecule is CC1CCN(C(CN)c2ccc(C(F)F)cc2)C1. The Morgan fingerprint density at radius 2 is 1.89 bits per heavy atom. The number of nitrogens with zero attached hydrogens (tertiary/aromatic N) is 1. The second-order valence-electron chi connectivity index (χ2n) is 5.11. The van der Waals surface area contributed by atoms with Gasteiger partial charge in [0.25, 0.3) is 6.43 Å². The molecule has 2 unspecified atom stereocenters. The molecule has 0 amide bonds. The van der Waals surface area contributed by atoms with Gasteiger partial charge in [-0.05, 0) is 24.4 Å². The Balaban J connectivity index is 2.12. The highest BCUT2D eigenvalue weighted by molar-refractivity contribution is 5.26. The molecule has 4 heteroatoms. The number of likely N-dealkylation sites (tertiary alicyclic amines) is 1. The molecule has 18 heavy (non-hydrogen) atoms. The molecule has 0 saturated carbocycles. The molecule has 2 N–H and O–H groups in total. The van der Waals surface area contributed by atoms with Crippen molar-refractivity contribution in [3.05, 3.63) is 35.4 Å². The zero-order valence-electron chi connectivity index (χ0n) is 10.7. The summed E-state index contributed by atoms with van der Waals surface area (Å²) >= 11 is 0. The van der Waals surface area contributed by atoms with Crippen molar-refractivity contribution < 1.29 is 8.78 Å². The molecule has 100 valence electrons. The van der Waals surface area contributed by atoms with Crippen LogP contribution in [0.25, 0.3) is 0 Å². The van der Waals surface area contributed by atoms with Crippen molar-refractivity contribution in [3.63, 3.8) is 0 Å². The van der Waals surface area contributed by atoms with E-state index >= 15 is 0 Å². The number of nitrogens with two attached hydrogens (primary N) is 1. The first-order valence-electron chi connectivity index (χ1n) is 6.44. The minimum Gasteiger partial charge on any atom is -0.329 e. The van der Waals surface area contributed by atoms with Crippen LogP contribution in [0.4, 0.5) is 8.78 Å². The minimum atomic E-state index is -2.40. The van der Waals surface area contributed by atoms with Crippen LogP contribution in [0, 0.1) is 5.92 Å². The number of hydrogen-bond donors (Lipinski definition) is 1. The van der Waals surface area contributed by atoms with Gasteiger partial charge in [-0.2, -0.15) is 0 Å². The van der Waals surface area contributed by atoms with Gasteiger partial charge in [0, 0.05) is 24.7 Å². The molecule has 1 heterocycles. The molecule has 2 atom stereocenters. The predicted octanol–water partition coefficient (Wildman–Crippen LogP) is 2.97. The van der Waals surface area contributed by atoms with Crippen LogP contribution in [0.5, 0.6) is 0 Å². The van der Waals surface area contributed by atoms with Gasteiger partial charge in [-0.15, -0.1) is 0 Å². The van der Waals surface area contributed by atoms with E-state index in [0.717, 1.165) is 18.7 Å². The Morgan fingerprint density at radius 1 is 1.28 bits per heavy atom. The summed E-state index contributed by atoms with van der Waals surface area (Å²) < 4.78 is 25.0. The Bertz CT molecular complexity index is 378. The van der Waals surface area contributed by atoms with Crippen LogP contribution in [-0.2, 0) is 0 Å². The molecule has 0 spiro atoms. The fourth-order valence-electron chi connectivity index (χ4n) is 2.61. The first-order chi connectivity index (χ1) is 8.61. The van der Waals surface area contributed by atoms with Gasteiger partial charge in [-0.1, -0.05) is 31.2 Å². The van der Waals surface area contributed by atoms with Crippen LogP contribution in [0.3, 0.4) is 0 Å². The second kappa shape index (κ2) is 5.76. The number of rotatable bonds is 4. The van der Waals surface area contributed by atoms with Crippen molar-refractivity contribution in [2.75, 3.05) is 19.6 Å². The van der Waals surface area contributed by atoms with E-state index in [-0.39, 0.29) is 11.6 Å². The molecule has 1 aromatic rings. The highest BCUT2D eigenvalue weighted by Crippen LogP contribution is 2.28. The summed E-state index contributed by atoms with van der Waals surface area (Å²) in [5.74, 6) is 0.694. The molecule has 1 aromatic carbocycles. The van der Waals surface area contributed by atoms with Gasteiger partial charge in [0.15, 0.2) is 0 Å². The third-order valence-corrected chi connectivity index (χ3v) is 3.69. The Morgan fingerprint density at radius 3 is 2.33 bits per heavy atom. The van der Waals surface area contributed by atoms with Crippen molar-refractivity contribution in [2.45, 2.75) is 25.8 Å². The van der Waals surface area contributed by atoms with Gasteiger partial charge < -0.3 is 5.73 Å². The predicted molar refractivity (Wildman–Crippen MR) is 68.5 cm³/mol. The van der Waals surface area contributed by atoms with Crippen LogP contribution in [0.1, 0.15) is 36.9 Å². The molecule has 2 rings (SSSR count). The highest BCUT2D eigenvalue weighted by atomic mass is 19.3. The molecule has 0 bridgehead atoms. The molecule has 0 aliphatic carbocycles. The van der Waals surface area contributed by atoms with E-state index < -0.39 is 6.43 Å². The largest absolute Gasteiger partial charge is 0.329 e. The first-order valence-corrected chi connectivity index (χ1v) is 6.44. The summed E-state index contributed by atoms with van der Waals surface area (Å²) in [6, 6.07) is 6.72. The van der Waals surface area contributed by atoms with Crippen molar-refractivity contribution in [3.8, 4) is 0 Å². The summed E-state index contributed by atoms with van der Waals surface area (Å²) in [6.45, 7) is 4.84. The molecule has 0 radical (unpaired) electrons. The fraction of sp³-hybridized carbons (Fsp3) is 0.571. The zero-order chi connectivity index (χ0) is 13.1. The zero-order valence-corrected chi connectivity index (χ0v) is 10.7. The third kappa shape index (κ3) is 2.87. The van der Waals surface area contributed by atoms with E-state index in [1.807, 2.05) is 0 Å². The fourth-order valence-corrected chi connectivity index (χ4v) is 2.61. The van der Waals surface area contributed by atoms with Gasteiger partial charge in [-0.3, -0.25) is 4.90 Å². The average molecular weight is 254 g/mol. The van der Waals surface area contributed by atoms with E-state index in [0.29, 0.717) is 12.5 Å². The lowest BCUT2D eigenvalue weighted by Crippen LogP contribution is -2.31. The Labute approximate surface area is 107 Å². The minimum absolute atomic E-state index is 0.0734. The van der Waals surface area contributed by atoms with Crippen molar-refractivity contribution >= 4 is 0 Å². The maximum Gasteiger partial charge on any atom is 0.263 e. The standard InChI is InChI=1S/C14H20F2N2/c1-10-6-7-18(9-10)13(8-17)11-2-4-12(5-3-11)14(15)16/h2-5,10,13-14H,6-9,17H2,1H3. The molecule has 1 fully saturated rings. The lowest BCUT2D eigenvalue weighted by atomic mass is 10.0. The molecule has 1 aliphatic heterocycles. The normalized spacial score (nSPS) is 22.6. The van der Waals surface area contributed by atoms with E-state index in [2.05, 4.69) is 11.8 Å². The van der Waals surface area contributed by atoms with Gasteiger partial charge in [0.2, 0.25) is 0 Å². The maximum absolute atomic E-state index is 12.5.